The van der Waals surface area contributed by atoms with Gasteiger partial charge in [0.05, 0.1) is 14.2 Å². The summed E-state index contributed by atoms with van der Waals surface area (Å²) in [4.78, 5) is 2.51. The lowest BCUT2D eigenvalue weighted by Crippen LogP contribution is -2.32. The molecule has 1 saturated heterocycles. The van der Waals surface area contributed by atoms with Crippen molar-refractivity contribution in [2.45, 2.75) is 26.3 Å². The summed E-state index contributed by atoms with van der Waals surface area (Å²) < 4.78 is 10.7. The van der Waals surface area contributed by atoms with Gasteiger partial charge in [0.1, 0.15) is 0 Å². The molecule has 4 nitrogen and oxygen atoms in total. The SMILES string of the molecule is COc1ccc(C(CN)N2CCC(C(C)C)C2)cc1OC. The Kier molecular flexibility index (Phi) is 5.48. The summed E-state index contributed by atoms with van der Waals surface area (Å²) in [5.74, 6) is 3.05. The number of likely N-dealkylation sites (tertiary alicyclic amines) is 1. The average Bonchev–Trinajstić information content (AvgIpc) is 2.97. The van der Waals surface area contributed by atoms with Gasteiger partial charge in [-0.05, 0) is 42.5 Å². The molecule has 4 heteroatoms. The Bertz CT molecular complexity index is 462. The molecule has 0 radical (unpaired) electrons. The van der Waals surface area contributed by atoms with E-state index >= 15 is 0 Å². The van der Waals surface area contributed by atoms with Gasteiger partial charge in [-0.2, -0.15) is 0 Å². The number of hydrogen-bond acceptors (Lipinski definition) is 4. The second-order valence-electron chi connectivity index (χ2n) is 6.15. The summed E-state index contributed by atoms with van der Waals surface area (Å²) in [6.07, 6.45) is 1.27. The number of nitrogens with zero attached hydrogens (tertiary/aromatic N) is 1. The van der Waals surface area contributed by atoms with Crippen LogP contribution in [0.25, 0.3) is 0 Å². The minimum Gasteiger partial charge on any atom is -0.493 e. The molecule has 0 amide bonds. The highest BCUT2D eigenvalue weighted by molar-refractivity contribution is 5.44. The summed E-state index contributed by atoms with van der Waals surface area (Å²) >= 11 is 0. The van der Waals surface area contributed by atoms with Crippen molar-refractivity contribution in [3.05, 3.63) is 23.8 Å². The first-order valence-corrected chi connectivity index (χ1v) is 7.76. The van der Waals surface area contributed by atoms with Crippen LogP contribution in [0.3, 0.4) is 0 Å². The predicted molar refractivity (Wildman–Crippen MR) is 85.9 cm³/mol. The minimum atomic E-state index is 0.258. The van der Waals surface area contributed by atoms with Crippen LogP contribution < -0.4 is 15.2 Å². The molecule has 0 aromatic heterocycles. The Labute approximate surface area is 128 Å². The molecule has 1 aliphatic rings. The van der Waals surface area contributed by atoms with Gasteiger partial charge in [-0.15, -0.1) is 0 Å². The lowest BCUT2D eigenvalue weighted by Gasteiger charge is -2.28. The lowest BCUT2D eigenvalue weighted by atomic mass is 9.95. The van der Waals surface area contributed by atoms with E-state index in [1.807, 2.05) is 6.07 Å². The number of methoxy groups -OCH3 is 2. The second-order valence-corrected chi connectivity index (χ2v) is 6.15. The Morgan fingerprint density at radius 3 is 2.48 bits per heavy atom. The van der Waals surface area contributed by atoms with Gasteiger partial charge in [-0.25, -0.2) is 0 Å². The van der Waals surface area contributed by atoms with E-state index in [0.717, 1.165) is 36.4 Å². The molecule has 1 aliphatic heterocycles. The maximum Gasteiger partial charge on any atom is 0.161 e. The van der Waals surface area contributed by atoms with Crippen LogP contribution in [0.1, 0.15) is 31.9 Å². The smallest absolute Gasteiger partial charge is 0.161 e. The molecule has 1 aromatic carbocycles. The van der Waals surface area contributed by atoms with Crippen molar-refractivity contribution < 1.29 is 9.47 Å². The molecule has 0 spiro atoms. The van der Waals surface area contributed by atoms with Crippen LogP contribution in [0.5, 0.6) is 11.5 Å². The monoisotopic (exact) mass is 292 g/mol. The topological polar surface area (TPSA) is 47.7 Å². The van der Waals surface area contributed by atoms with E-state index in [1.54, 1.807) is 14.2 Å². The minimum absolute atomic E-state index is 0.258. The summed E-state index contributed by atoms with van der Waals surface area (Å²) in [6, 6.07) is 6.38. The van der Waals surface area contributed by atoms with E-state index in [-0.39, 0.29) is 6.04 Å². The summed E-state index contributed by atoms with van der Waals surface area (Å²) in [6.45, 7) is 7.50. The Hall–Kier alpha value is -1.26. The van der Waals surface area contributed by atoms with Gasteiger partial charge in [0, 0.05) is 19.1 Å². The number of rotatable bonds is 6. The van der Waals surface area contributed by atoms with Gasteiger partial charge < -0.3 is 15.2 Å². The van der Waals surface area contributed by atoms with E-state index in [0.29, 0.717) is 6.54 Å². The van der Waals surface area contributed by atoms with Crippen molar-refractivity contribution in [3.63, 3.8) is 0 Å². The van der Waals surface area contributed by atoms with E-state index in [1.165, 1.54) is 12.0 Å². The van der Waals surface area contributed by atoms with Gasteiger partial charge in [0.15, 0.2) is 11.5 Å². The fourth-order valence-corrected chi connectivity index (χ4v) is 3.20. The van der Waals surface area contributed by atoms with Crippen LogP contribution in [0, 0.1) is 11.8 Å². The molecule has 1 aromatic rings. The Morgan fingerprint density at radius 1 is 1.24 bits per heavy atom. The number of nitrogens with two attached hydrogens (primary N) is 1. The van der Waals surface area contributed by atoms with Gasteiger partial charge in [-0.3, -0.25) is 4.90 Å². The van der Waals surface area contributed by atoms with Crippen molar-refractivity contribution in [1.29, 1.82) is 0 Å². The van der Waals surface area contributed by atoms with Gasteiger partial charge >= 0.3 is 0 Å². The molecular formula is C17H28N2O2. The highest BCUT2D eigenvalue weighted by atomic mass is 16.5. The highest BCUT2D eigenvalue weighted by Gasteiger charge is 2.30. The normalized spacial score (nSPS) is 20.8. The number of ether oxygens (including phenoxy) is 2. The van der Waals surface area contributed by atoms with Crippen molar-refractivity contribution >= 4 is 0 Å². The molecule has 21 heavy (non-hydrogen) atoms. The van der Waals surface area contributed by atoms with Crippen molar-refractivity contribution in [1.82, 2.24) is 4.90 Å². The molecule has 2 rings (SSSR count). The first kappa shape index (κ1) is 16.1. The molecule has 0 bridgehead atoms. The van der Waals surface area contributed by atoms with E-state index in [9.17, 15) is 0 Å². The molecule has 0 saturated carbocycles. The molecule has 1 fully saturated rings. The van der Waals surface area contributed by atoms with E-state index in [4.69, 9.17) is 15.2 Å². The third-order valence-corrected chi connectivity index (χ3v) is 4.66. The van der Waals surface area contributed by atoms with Crippen LogP contribution in [-0.4, -0.2) is 38.8 Å². The average molecular weight is 292 g/mol. The third-order valence-electron chi connectivity index (χ3n) is 4.66. The maximum absolute atomic E-state index is 6.05. The number of hydrogen-bond donors (Lipinski definition) is 1. The Morgan fingerprint density at radius 2 is 1.95 bits per heavy atom. The first-order chi connectivity index (χ1) is 10.1. The van der Waals surface area contributed by atoms with Gasteiger partial charge in [0.25, 0.3) is 0 Å². The summed E-state index contributed by atoms with van der Waals surface area (Å²) in [5, 5.41) is 0. The molecule has 2 atom stereocenters. The fourth-order valence-electron chi connectivity index (χ4n) is 3.20. The molecule has 1 heterocycles. The van der Waals surface area contributed by atoms with Gasteiger partial charge in [0.2, 0.25) is 0 Å². The highest BCUT2D eigenvalue weighted by Crippen LogP contribution is 2.34. The zero-order valence-corrected chi connectivity index (χ0v) is 13.6. The quantitative estimate of drug-likeness (QED) is 0.875. The molecule has 0 aliphatic carbocycles. The molecular weight excluding hydrogens is 264 g/mol. The summed E-state index contributed by atoms with van der Waals surface area (Å²) in [5.41, 5.74) is 7.26. The largest absolute Gasteiger partial charge is 0.493 e. The van der Waals surface area contributed by atoms with Crippen LogP contribution in [-0.2, 0) is 0 Å². The van der Waals surface area contributed by atoms with Crippen molar-refractivity contribution in [2.24, 2.45) is 17.6 Å². The Balaban J connectivity index is 2.18. The van der Waals surface area contributed by atoms with Crippen LogP contribution >= 0.6 is 0 Å². The molecule has 2 unspecified atom stereocenters. The van der Waals surface area contributed by atoms with E-state index in [2.05, 4.69) is 30.9 Å². The first-order valence-electron chi connectivity index (χ1n) is 7.76. The third kappa shape index (κ3) is 3.50. The summed E-state index contributed by atoms with van der Waals surface area (Å²) in [7, 11) is 3.33. The zero-order chi connectivity index (χ0) is 15.4. The maximum atomic E-state index is 6.05. The molecule has 2 N–H and O–H groups in total. The van der Waals surface area contributed by atoms with Crippen LogP contribution in [0.2, 0.25) is 0 Å². The van der Waals surface area contributed by atoms with Gasteiger partial charge in [-0.1, -0.05) is 19.9 Å². The zero-order valence-electron chi connectivity index (χ0n) is 13.6. The standard InChI is InChI=1S/C17H28N2O2/c1-12(2)14-7-8-19(11-14)15(10-18)13-5-6-16(20-3)17(9-13)21-4/h5-6,9,12,14-15H,7-8,10-11,18H2,1-4H3. The van der Waals surface area contributed by atoms with Crippen LogP contribution in [0.4, 0.5) is 0 Å². The fraction of sp³-hybridized carbons (Fsp3) is 0.647. The van der Waals surface area contributed by atoms with Crippen molar-refractivity contribution in [3.8, 4) is 11.5 Å². The predicted octanol–water partition coefficient (Wildman–Crippen LogP) is 2.68. The van der Waals surface area contributed by atoms with Crippen molar-refractivity contribution in [2.75, 3.05) is 33.9 Å². The lowest BCUT2D eigenvalue weighted by molar-refractivity contribution is 0.231. The second kappa shape index (κ2) is 7.14. The molecule has 118 valence electrons. The number of benzene rings is 1. The van der Waals surface area contributed by atoms with E-state index < -0.39 is 0 Å². The van der Waals surface area contributed by atoms with Crippen LogP contribution in [0.15, 0.2) is 18.2 Å².